The van der Waals surface area contributed by atoms with Gasteiger partial charge in [-0.05, 0) is 61.4 Å². The first-order chi connectivity index (χ1) is 11.3. The molecule has 0 spiro atoms. The second kappa shape index (κ2) is 7.49. The Morgan fingerprint density at radius 3 is 2.12 bits per heavy atom. The molecule has 0 bridgehead atoms. The third-order valence-electron chi connectivity index (χ3n) is 3.26. The topological polar surface area (TPSA) is 72.5 Å². The Morgan fingerprint density at radius 2 is 1.62 bits per heavy atom. The third kappa shape index (κ3) is 4.83. The molecule has 0 aliphatic heterocycles. The minimum absolute atomic E-state index is 0.0682. The van der Waals surface area contributed by atoms with Crippen LogP contribution in [0.25, 0.3) is 0 Å². The summed E-state index contributed by atoms with van der Waals surface area (Å²) in [6, 6.07) is 12.6. The number of sulfonamides is 1. The summed E-state index contributed by atoms with van der Waals surface area (Å²) in [6.07, 6.45) is 0. The van der Waals surface area contributed by atoms with Gasteiger partial charge in [-0.2, -0.15) is 0 Å². The Morgan fingerprint density at radius 1 is 1.04 bits per heavy atom. The van der Waals surface area contributed by atoms with Crippen LogP contribution in [0.3, 0.4) is 0 Å². The van der Waals surface area contributed by atoms with Gasteiger partial charge in [-0.15, -0.1) is 0 Å². The molecular weight excluding hydrogens is 326 g/mol. The highest BCUT2D eigenvalue weighted by Gasteiger charge is 2.14. The van der Waals surface area contributed by atoms with Crippen molar-refractivity contribution < 1.29 is 17.9 Å². The fourth-order valence-electron chi connectivity index (χ4n) is 1.96. The molecule has 0 fully saturated rings. The number of carbonyl (C=O) groups excluding carboxylic acids is 1. The number of benzene rings is 2. The van der Waals surface area contributed by atoms with Crippen molar-refractivity contribution in [2.24, 2.45) is 5.92 Å². The lowest BCUT2D eigenvalue weighted by atomic mass is 10.1. The number of nitrogens with one attached hydrogen (secondary N) is 1. The zero-order chi connectivity index (χ0) is 17.7. The summed E-state index contributed by atoms with van der Waals surface area (Å²) >= 11 is 0. The van der Waals surface area contributed by atoms with E-state index >= 15 is 0 Å². The summed E-state index contributed by atoms with van der Waals surface area (Å²) in [6.45, 7) is 6.12. The lowest BCUT2D eigenvalue weighted by Crippen LogP contribution is -2.13. The van der Waals surface area contributed by atoms with E-state index in [1.807, 2.05) is 13.8 Å². The summed E-state index contributed by atoms with van der Waals surface area (Å²) in [7, 11) is -3.68. The SMILES string of the molecule is CC(=O)c1ccc(NS(=O)(=O)c2ccc(OCC(C)C)cc2)cc1. The van der Waals surface area contributed by atoms with Gasteiger partial charge in [-0.3, -0.25) is 9.52 Å². The molecule has 0 aromatic heterocycles. The quantitative estimate of drug-likeness (QED) is 0.775. The number of ether oxygens (including phenoxy) is 1. The van der Waals surface area contributed by atoms with Crippen LogP contribution in [0.1, 0.15) is 31.1 Å². The second-order valence-electron chi connectivity index (χ2n) is 5.92. The molecule has 0 aliphatic rings. The van der Waals surface area contributed by atoms with Crippen molar-refractivity contribution >= 4 is 21.5 Å². The monoisotopic (exact) mass is 347 g/mol. The van der Waals surface area contributed by atoms with Gasteiger partial charge in [0.2, 0.25) is 0 Å². The largest absolute Gasteiger partial charge is 0.493 e. The Labute approximate surface area is 142 Å². The third-order valence-corrected chi connectivity index (χ3v) is 4.66. The average molecular weight is 347 g/mol. The number of hydrogen-bond acceptors (Lipinski definition) is 4. The number of ketones is 1. The van der Waals surface area contributed by atoms with E-state index in [4.69, 9.17) is 4.74 Å². The number of rotatable bonds is 7. The molecule has 0 atom stereocenters. The van der Waals surface area contributed by atoms with Gasteiger partial charge in [0.15, 0.2) is 5.78 Å². The fraction of sp³-hybridized carbons (Fsp3) is 0.278. The highest BCUT2D eigenvalue weighted by atomic mass is 32.2. The first kappa shape index (κ1) is 18.0. The molecule has 2 rings (SSSR count). The predicted molar refractivity (Wildman–Crippen MR) is 94.0 cm³/mol. The average Bonchev–Trinajstić information content (AvgIpc) is 2.53. The van der Waals surface area contributed by atoms with Crippen molar-refractivity contribution in [3.8, 4) is 5.75 Å². The van der Waals surface area contributed by atoms with Gasteiger partial charge >= 0.3 is 0 Å². The molecule has 128 valence electrons. The Bertz CT molecular complexity index is 794. The molecule has 0 saturated heterocycles. The van der Waals surface area contributed by atoms with Gasteiger partial charge in [-0.25, -0.2) is 8.42 Å². The summed E-state index contributed by atoms with van der Waals surface area (Å²) in [5.74, 6) is 0.961. The minimum atomic E-state index is -3.68. The Kier molecular flexibility index (Phi) is 5.62. The van der Waals surface area contributed by atoms with Gasteiger partial charge in [0.1, 0.15) is 5.75 Å². The number of carbonyl (C=O) groups is 1. The van der Waals surface area contributed by atoms with E-state index in [1.165, 1.54) is 19.1 Å². The molecular formula is C18H21NO4S. The van der Waals surface area contributed by atoms with Gasteiger partial charge in [0.05, 0.1) is 11.5 Å². The van der Waals surface area contributed by atoms with Gasteiger partial charge in [0.25, 0.3) is 10.0 Å². The standard InChI is InChI=1S/C18H21NO4S/c1-13(2)12-23-17-8-10-18(11-9-17)24(21,22)19-16-6-4-15(5-7-16)14(3)20/h4-11,13,19H,12H2,1-3H3. The number of Topliss-reactive ketones (excluding diaryl/α,β-unsaturated/α-hetero) is 1. The van der Waals surface area contributed by atoms with Crippen LogP contribution in [0.4, 0.5) is 5.69 Å². The molecule has 6 heteroatoms. The van der Waals surface area contributed by atoms with E-state index < -0.39 is 10.0 Å². The Balaban J connectivity index is 2.10. The normalized spacial score (nSPS) is 11.3. The predicted octanol–water partition coefficient (Wildman–Crippen LogP) is 3.72. The molecule has 0 aliphatic carbocycles. The van der Waals surface area contributed by atoms with Crippen LogP contribution in [-0.4, -0.2) is 20.8 Å². The van der Waals surface area contributed by atoms with E-state index in [2.05, 4.69) is 4.72 Å². The summed E-state index contributed by atoms with van der Waals surface area (Å²) in [5.41, 5.74) is 0.935. The zero-order valence-electron chi connectivity index (χ0n) is 13.9. The minimum Gasteiger partial charge on any atom is -0.493 e. The fourth-order valence-corrected chi connectivity index (χ4v) is 3.02. The molecule has 5 nitrogen and oxygen atoms in total. The summed E-state index contributed by atoms with van der Waals surface area (Å²) in [5, 5.41) is 0. The van der Waals surface area contributed by atoms with Crippen molar-refractivity contribution in [1.82, 2.24) is 0 Å². The molecule has 0 radical (unpaired) electrons. The molecule has 0 heterocycles. The van der Waals surface area contributed by atoms with Crippen LogP contribution in [0.2, 0.25) is 0 Å². The van der Waals surface area contributed by atoms with Crippen LogP contribution in [0.15, 0.2) is 53.4 Å². The molecule has 0 amide bonds. The summed E-state index contributed by atoms with van der Waals surface area (Å²) in [4.78, 5) is 11.4. The van der Waals surface area contributed by atoms with Crippen LogP contribution in [0, 0.1) is 5.92 Å². The van der Waals surface area contributed by atoms with Crippen molar-refractivity contribution in [3.05, 3.63) is 54.1 Å². The van der Waals surface area contributed by atoms with E-state index in [0.717, 1.165) is 0 Å². The van der Waals surface area contributed by atoms with Crippen LogP contribution >= 0.6 is 0 Å². The highest BCUT2D eigenvalue weighted by Crippen LogP contribution is 2.20. The lowest BCUT2D eigenvalue weighted by Gasteiger charge is -2.11. The zero-order valence-corrected chi connectivity index (χ0v) is 14.8. The van der Waals surface area contributed by atoms with Crippen molar-refractivity contribution in [1.29, 1.82) is 0 Å². The summed E-state index contributed by atoms with van der Waals surface area (Å²) < 4.78 is 32.8. The van der Waals surface area contributed by atoms with Crippen LogP contribution in [-0.2, 0) is 10.0 Å². The maximum absolute atomic E-state index is 12.4. The molecule has 2 aromatic carbocycles. The molecule has 1 N–H and O–H groups in total. The Hall–Kier alpha value is -2.34. The van der Waals surface area contributed by atoms with Gasteiger partial charge < -0.3 is 4.74 Å². The van der Waals surface area contributed by atoms with Crippen LogP contribution in [0.5, 0.6) is 5.75 Å². The smallest absolute Gasteiger partial charge is 0.261 e. The van der Waals surface area contributed by atoms with Gasteiger partial charge in [-0.1, -0.05) is 13.8 Å². The number of hydrogen-bond donors (Lipinski definition) is 1. The highest BCUT2D eigenvalue weighted by molar-refractivity contribution is 7.92. The second-order valence-corrected chi connectivity index (χ2v) is 7.60. The van der Waals surface area contributed by atoms with Crippen LogP contribution < -0.4 is 9.46 Å². The first-order valence-electron chi connectivity index (χ1n) is 7.64. The molecule has 0 saturated carbocycles. The van der Waals surface area contributed by atoms with Gasteiger partial charge in [0, 0.05) is 11.3 Å². The first-order valence-corrected chi connectivity index (χ1v) is 9.13. The van der Waals surface area contributed by atoms with E-state index in [-0.39, 0.29) is 10.7 Å². The molecule has 2 aromatic rings. The van der Waals surface area contributed by atoms with Crippen molar-refractivity contribution in [2.75, 3.05) is 11.3 Å². The molecule has 0 unspecified atom stereocenters. The maximum Gasteiger partial charge on any atom is 0.261 e. The van der Waals surface area contributed by atoms with Crippen molar-refractivity contribution in [2.45, 2.75) is 25.7 Å². The van der Waals surface area contributed by atoms with E-state index in [9.17, 15) is 13.2 Å². The molecule has 24 heavy (non-hydrogen) atoms. The maximum atomic E-state index is 12.4. The lowest BCUT2D eigenvalue weighted by molar-refractivity contribution is 0.101. The van der Waals surface area contributed by atoms with E-state index in [1.54, 1.807) is 36.4 Å². The van der Waals surface area contributed by atoms with Crippen molar-refractivity contribution in [3.63, 3.8) is 0 Å². The number of anilines is 1. The van der Waals surface area contributed by atoms with E-state index in [0.29, 0.717) is 29.5 Å².